The number of carbonyl (C=O) groups excluding carboxylic acids is 3. The number of nitrogens with two attached hydrogens (primary N) is 1. The molecule has 1 fully saturated rings. The highest BCUT2D eigenvalue weighted by Crippen LogP contribution is 2.20. The van der Waals surface area contributed by atoms with Gasteiger partial charge in [-0.25, -0.2) is 4.79 Å². The van der Waals surface area contributed by atoms with Crippen molar-refractivity contribution >= 4 is 23.7 Å². The van der Waals surface area contributed by atoms with Crippen LogP contribution in [0.4, 0.5) is 0 Å². The number of nitrogens with zero attached hydrogens (tertiary/aromatic N) is 1. The Morgan fingerprint density at radius 3 is 2.45 bits per heavy atom. The number of carboxylic acids is 1. The number of nitrogens with one attached hydrogen (secondary N) is 2. The Labute approximate surface area is 182 Å². The molecular formula is C22H32N4O5. The molecule has 0 bridgehead atoms. The minimum absolute atomic E-state index is 0.179. The number of aliphatic carboxylic acids is 1. The third kappa shape index (κ3) is 6.52. The third-order valence-corrected chi connectivity index (χ3v) is 5.72. The monoisotopic (exact) mass is 432 g/mol. The lowest BCUT2D eigenvalue weighted by Gasteiger charge is -2.30. The quantitative estimate of drug-likeness (QED) is 0.418. The first-order valence-electron chi connectivity index (χ1n) is 10.7. The van der Waals surface area contributed by atoms with Crippen molar-refractivity contribution in [3.05, 3.63) is 35.9 Å². The Hall–Kier alpha value is -2.94. The third-order valence-electron chi connectivity index (χ3n) is 5.72. The van der Waals surface area contributed by atoms with Crippen LogP contribution in [-0.2, 0) is 25.6 Å². The number of likely N-dealkylation sites (tertiary alicyclic amines) is 1. The van der Waals surface area contributed by atoms with E-state index in [1.165, 1.54) is 4.90 Å². The van der Waals surface area contributed by atoms with Gasteiger partial charge in [0.15, 0.2) is 0 Å². The molecule has 3 amide bonds. The van der Waals surface area contributed by atoms with Gasteiger partial charge in [0.25, 0.3) is 0 Å². The van der Waals surface area contributed by atoms with Crippen molar-refractivity contribution < 1.29 is 24.3 Å². The summed E-state index contributed by atoms with van der Waals surface area (Å²) in [6.45, 7) is 3.81. The maximum atomic E-state index is 13.3. The lowest BCUT2D eigenvalue weighted by Crippen LogP contribution is -2.58. The second-order valence-electron chi connectivity index (χ2n) is 7.91. The van der Waals surface area contributed by atoms with E-state index in [2.05, 4.69) is 10.6 Å². The van der Waals surface area contributed by atoms with E-state index in [-0.39, 0.29) is 18.9 Å². The highest BCUT2D eigenvalue weighted by atomic mass is 16.4. The zero-order chi connectivity index (χ0) is 23.0. The van der Waals surface area contributed by atoms with Gasteiger partial charge in [0, 0.05) is 13.0 Å². The molecule has 1 heterocycles. The van der Waals surface area contributed by atoms with Crippen molar-refractivity contribution in [2.45, 2.75) is 57.7 Å². The van der Waals surface area contributed by atoms with Crippen LogP contribution in [0.2, 0.25) is 0 Å². The Morgan fingerprint density at radius 2 is 1.87 bits per heavy atom. The zero-order valence-corrected chi connectivity index (χ0v) is 18.0. The molecule has 1 aliphatic rings. The van der Waals surface area contributed by atoms with Crippen LogP contribution in [0, 0.1) is 5.92 Å². The van der Waals surface area contributed by atoms with Gasteiger partial charge in [0.1, 0.15) is 18.1 Å². The molecular weight excluding hydrogens is 400 g/mol. The van der Waals surface area contributed by atoms with Crippen molar-refractivity contribution in [3.63, 3.8) is 0 Å². The summed E-state index contributed by atoms with van der Waals surface area (Å²) in [5, 5.41) is 14.9. The first kappa shape index (κ1) is 24.3. The van der Waals surface area contributed by atoms with Gasteiger partial charge >= 0.3 is 5.97 Å². The molecule has 5 N–H and O–H groups in total. The van der Waals surface area contributed by atoms with Gasteiger partial charge in [-0.1, -0.05) is 50.6 Å². The molecule has 1 saturated heterocycles. The van der Waals surface area contributed by atoms with Crippen molar-refractivity contribution in [2.24, 2.45) is 11.7 Å². The first-order valence-corrected chi connectivity index (χ1v) is 10.7. The van der Waals surface area contributed by atoms with Crippen LogP contribution in [0.3, 0.4) is 0 Å². The Balaban J connectivity index is 2.26. The molecule has 0 saturated carbocycles. The van der Waals surface area contributed by atoms with E-state index < -0.39 is 41.8 Å². The molecule has 0 radical (unpaired) electrons. The number of hydrogen-bond acceptors (Lipinski definition) is 5. The predicted octanol–water partition coefficient (Wildman–Crippen LogP) is 0.279. The van der Waals surface area contributed by atoms with Crippen LogP contribution < -0.4 is 16.4 Å². The SMILES string of the molecule is CCC(C)C(NC(=O)CN)C(=O)NC(Cc1ccccc1)C(=O)N1CCCC1C(=O)O. The molecule has 9 nitrogen and oxygen atoms in total. The highest BCUT2D eigenvalue weighted by molar-refractivity contribution is 5.94. The average Bonchev–Trinajstić information content (AvgIpc) is 3.26. The van der Waals surface area contributed by atoms with E-state index in [9.17, 15) is 24.3 Å². The molecule has 9 heteroatoms. The number of carboxylic acid groups (broad SMARTS) is 1. The van der Waals surface area contributed by atoms with Crippen molar-refractivity contribution in [1.29, 1.82) is 0 Å². The molecule has 1 aromatic rings. The van der Waals surface area contributed by atoms with Crippen LogP contribution in [0.5, 0.6) is 0 Å². The predicted molar refractivity (Wildman–Crippen MR) is 115 cm³/mol. The van der Waals surface area contributed by atoms with Gasteiger partial charge < -0.3 is 26.4 Å². The van der Waals surface area contributed by atoms with Crippen molar-refractivity contribution in [1.82, 2.24) is 15.5 Å². The number of hydrogen-bond donors (Lipinski definition) is 4. The topological polar surface area (TPSA) is 142 Å². The fraction of sp³-hybridized carbons (Fsp3) is 0.545. The fourth-order valence-electron chi connectivity index (χ4n) is 3.73. The van der Waals surface area contributed by atoms with E-state index >= 15 is 0 Å². The molecule has 1 aromatic carbocycles. The summed E-state index contributed by atoms with van der Waals surface area (Å²) in [5.74, 6) is -2.62. The Kier molecular flexibility index (Phi) is 8.99. The lowest BCUT2D eigenvalue weighted by atomic mass is 9.97. The fourth-order valence-corrected chi connectivity index (χ4v) is 3.73. The van der Waals surface area contributed by atoms with Crippen LogP contribution in [0.1, 0.15) is 38.7 Å². The van der Waals surface area contributed by atoms with Gasteiger partial charge in [-0.3, -0.25) is 14.4 Å². The second kappa shape index (κ2) is 11.5. The summed E-state index contributed by atoms with van der Waals surface area (Å²) in [4.78, 5) is 51.1. The van der Waals surface area contributed by atoms with Gasteiger partial charge in [0.05, 0.1) is 6.54 Å². The summed E-state index contributed by atoms with van der Waals surface area (Å²) >= 11 is 0. The van der Waals surface area contributed by atoms with E-state index in [0.717, 1.165) is 5.56 Å². The summed E-state index contributed by atoms with van der Waals surface area (Å²) < 4.78 is 0. The minimum Gasteiger partial charge on any atom is -0.480 e. The zero-order valence-electron chi connectivity index (χ0n) is 18.0. The average molecular weight is 433 g/mol. The molecule has 0 aromatic heterocycles. The van der Waals surface area contributed by atoms with Gasteiger partial charge in [0.2, 0.25) is 17.7 Å². The molecule has 0 aliphatic carbocycles. The summed E-state index contributed by atoms with van der Waals surface area (Å²) in [7, 11) is 0. The van der Waals surface area contributed by atoms with Crippen LogP contribution in [0.25, 0.3) is 0 Å². The van der Waals surface area contributed by atoms with E-state index in [4.69, 9.17) is 5.73 Å². The van der Waals surface area contributed by atoms with Crippen LogP contribution in [-0.4, -0.2) is 64.9 Å². The van der Waals surface area contributed by atoms with Crippen LogP contribution in [0.15, 0.2) is 30.3 Å². The maximum Gasteiger partial charge on any atom is 0.326 e. The molecule has 0 spiro atoms. The number of amides is 3. The smallest absolute Gasteiger partial charge is 0.326 e. The first-order chi connectivity index (χ1) is 14.8. The molecule has 31 heavy (non-hydrogen) atoms. The normalized spacial score (nSPS) is 18.7. The number of carbonyl (C=O) groups is 4. The van der Waals surface area contributed by atoms with Gasteiger partial charge in [-0.2, -0.15) is 0 Å². The van der Waals surface area contributed by atoms with E-state index in [1.807, 2.05) is 44.2 Å². The molecule has 1 aliphatic heterocycles. The molecule has 4 atom stereocenters. The molecule has 4 unspecified atom stereocenters. The second-order valence-corrected chi connectivity index (χ2v) is 7.91. The Bertz CT molecular complexity index is 785. The lowest BCUT2D eigenvalue weighted by molar-refractivity contribution is -0.149. The summed E-state index contributed by atoms with van der Waals surface area (Å²) in [6.07, 6.45) is 1.83. The molecule has 2 rings (SSSR count). The summed E-state index contributed by atoms with van der Waals surface area (Å²) in [5.41, 5.74) is 6.21. The van der Waals surface area contributed by atoms with E-state index in [1.54, 1.807) is 0 Å². The minimum atomic E-state index is -1.05. The van der Waals surface area contributed by atoms with Gasteiger partial charge in [-0.05, 0) is 24.3 Å². The summed E-state index contributed by atoms with van der Waals surface area (Å²) in [6, 6.07) is 6.50. The number of benzene rings is 1. The maximum absolute atomic E-state index is 13.3. The van der Waals surface area contributed by atoms with Gasteiger partial charge in [-0.15, -0.1) is 0 Å². The standard InChI is InChI=1S/C22H32N4O5/c1-3-14(2)19(25-18(27)13-23)20(28)24-16(12-15-8-5-4-6-9-15)21(29)26-11-7-10-17(26)22(30)31/h4-6,8-9,14,16-17,19H,3,7,10-13,23H2,1-2H3,(H,24,28)(H,25,27)(H,30,31). The molecule has 170 valence electrons. The highest BCUT2D eigenvalue weighted by Gasteiger charge is 2.38. The largest absolute Gasteiger partial charge is 0.480 e. The van der Waals surface area contributed by atoms with Crippen molar-refractivity contribution in [3.8, 4) is 0 Å². The van der Waals surface area contributed by atoms with E-state index in [0.29, 0.717) is 25.8 Å². The Morgan fingerprint density at radius 1 is 1.19 bits per heavy atom. The van der Waals surface area contributed by atoms with Crippen molar-refractivity contribution in [2.75, 3.05) is 13.1 Å². The number of rotatable bonds is 10. The van der Waals surface area contributed by atoms with Crippen LogP contribution >= 0.6 is 0 Å².